The highest BCUT2D eigenvalue weighted by molar-refractivity contribution is 6.31. The fourth-order valence-corrected chi connectivity index (χ4v) is 3.63. The number of alkyl halides is 3. The first kappa shape index (κ1) is 20.2. The Balaban J connectivity index is 0.00000272. The highest BCUT2D eigenvalue weighted by Gasteiger charge is 2.36. The van der Waals surface area contributed by atoms with Crippen LogP contribution < -0.4 is 10.2 Å². The molecule has 1 saturated heterocycles. The Morgan fingerprint density at radius 1 is 1.40 bits per heavy atom. The molecule has 0 spiro atoms. The van der Waals surface area contributed by atoms with Crippen LogP contribution >= 0.6 is 11.6 Å². The monoisotopic (exact) mass is 442 g/mol. The van der Waals surface area contributed by atoms with E-state index in [9.17, 15) is 23.1 Å². The summed E-state index contributed by atoms with van der Waals surface area (Å²) in [4.78, 5) is 29.5. The number of aromatic hydroxyl groups is 1. The molecule has 3 aromatic rings. The van der Waals surface area contributed by atoms with Gasteiger partial charge in [-0.15, -0.1) is 0 Å². The molecule has 3 N–H and O–H groups in total. The van der Waals surface area contributed by atoms with Crippen LogP contribution in [0, 0.1) is 0 Å². The maximum Gasteiger partial charge on any atom is 0.405 e. The van der Waals surface area contributed by atoms with E-state index in [4.69, 9.17) is 11.6 Å². The van der Waals surface area contributed by atoms with Crippen molar-refractivity contribution in [3.8, 4) is 17.1 Å². The molecule has 0 radical (unpaired) electrons. The Labute approximate surface area is 174 Å². The summed E-state index contributed by atoms with van der Waals surface area (Å²) >= 11 is 6.02. The molecule has 3 aromatic heterocycles. The Bertz CT molecular complexity index is 1110. The first-order valence-electron chi connectivity index (χ1n) is 9.03. The van der Waals surface area contributed by atoms with E-state index in [-0.39, 0.29) is 18.8 Å². The van der Waals surface area contributed by atoms with Crippen molar-refractivity contribution in [1.82, 2.24) is 25.3 Å². The summed E-state index contributed by atoms with van der Waals surface area (Å²) in [6, 6.07) is 0.814. The molecule has 0 saturated carbocycles. The van der Waals surface area contributed by atoms with Crippen LogP contribution in [-0.4, -0.2) is 56.3 Å². The number of carbonyl (C=O) groups excluding carboxylic acids is 1. The van der Waals surface area contributed by atoms with Gasteiger partial charge in [-0.3, -0.25) is 4.79 Å². The second-order valence-electron chi connectivity index (χ2n) is 6.84. The van der Waals surface area contributed by atoms with Crippen molar-refractivity contribution in [3.05, 3.63) is 29.7 Å². The van der Waals surface area contributed by atoms with Gasteiger partial charge in [0.25, 0.3) is 0 Å². The van der Waals surface area contributed by atoms with Crippen LogP contribution in [0.4, 0.5) is 19.0 Å². The number of anilines is 1. The maximum absolute atomic E-state index is 12.4. The molecule has 0 bridgehead atoms. The quantitative estimate of drug-likeness (QED) is 0.572. The highest BCUT2D eigenvalue weighted by atomic mass is 35.5. The molecule has 1 fully saturated rings. The smallest absolute Gasteiger partial charge is 0.405 e. The second-order valence-corrected chi connectivity index (χ2v) is 7.28. The van der Waals surface area contributed by atoms with Crippen LogP contribution in [-0.2, 0) is 4.79 Å². The molecule has 160 valence electrons. The van der Waals surface area contributed by atoms with Crippen LogP contribution in [0.5, 0.6) is 5.75 Å². The van der Waals surface area contributed by atoms with Crippen molar-refractivity contribution >= 4 is 34.4 Å². The zero-order chi connectivity index (χ0) is 21.5. The molecule has 4 heterocycles. The standard InChI is InChI=1S/C18H16ClF3N6O2.H2/c19-9-4-10-11(6-24-14(10)23-5-9)15-25-7-13(29)16(27-15)28-3-1-2-12(28)17(30)26-8-18(20,21)22;/h4-7,12,29H,1-3,8H2,(H,23,24)(H,26,30);1H/t12-;/m1./s1. The number of carbonyl (C=O) groups is 1. The van der Waals surface area contributed by atoms with Crippen molar-refractivity contribution in [2.75, 3.05) is 18.0 Å². The van der Waals surface area contributed by atoms with Gasteiger partial charge in [0, 0.05) is 31.3 Å². The van der Waals surface area contributed by atoms with Crippen LogP contribution in [0.3, 0.4) is 0 Å². The zero-order valence-corrected chi connectivity index (χ0v) is 16.1. The summed E-state index contributed by atoms with van der Waals surface area (Å²) in [5.74, 6) is -0.716. The van der Waals surface area contributed by atoms with Gasteiger partial charge in [0.2, 0.25) is 5.91 Å². The third kappa shape index (κ3) is 3.97. The fourth-order valence-electron chi connectivity index (χ4n) is 3.47. The van der Waals surface area contributed by atoms with Gasteiger partial charge >= 0.3 is 6.18 Å². The molecular weight excluding hydrogens is 425 g/mol. The number of halogens is 4. The minimum atomic E-state index is -4.51. The predicted octanol–water partition coefficient (Wildman–Crippen LogP) is 3.27. The van der Waals surface area contributed by atoms with E-state index < -0.39 is 24.7 Å². The van der Waals surface area contributed by atoms with Gasteiger partial charge in [-0.25, -0.2) is 15.0 Å². The average molecular weight is 443 g/mol. The molecule has 8 nitrogen and oxygen atoms in total. The van der Waals surface area contributed by atoms with E-state index in [1.165, 1.54) is 17.3 Å². The van der Waals surface area contributed by atoms with Crippen LogP contribution in [0.1, 0.15) is 14.3 Å². The number of nitrogens with zero attached hydrogens (tertiary/aromatic N) is 4. The van der Waals surface area contributed by atoms with Crippen molar-refractivity contribution in [2.24, 2.45) is 0 Å². The lowest BCUT2D eigenvalue weighted by atomic mass is 10.2. The van der Waals surface area contributed by atoms with Crippen molar-refractivity contribution in [2.45, 2.75) is 25.1 Å². The van der Waals surface area contributed by atoms with E-state index in [1.807, 2.05) is 5.32 Å². The number of rotatable bonds is 4. The van der Waals surface area contributed by atoms with Crippen LogP contribution in [0.2, 0.25) is 5.02 Å². The number of hydrogen-bond acceptors (Lipinski definition) is 6. The van der Waals surface area contributed by atoms with Crippen LogP contribution in [0.25, 0.3) is 22.4 Å². The molecule has 0 aromatic carbocycles. The Morgan fingerprint density at radius 2 is 2.20 bits per heavy atom. The summed E-state index contributed by atoms with van der Waals surface area (Å²) in [6.45, 7) is -1.06. The second kappa shape index (κ2) is 7.63. The summed E-state index contributed by atoms with van der Waals surface area (Å²) < 4.78 is 37.3. The van der Waals surface area contributed by atoms with Gasteiger partial charge in [0.1, 0.15) is 18.2 Å². The lowest BCUT2D eigenvalue weighted by Gasteiger charge is -2.25. The Kier molecular flexibility index (Phi) is 5.14. The molecular formula is C18H18ClF3N6O2. The van der Waals surface area contributed by atoms with E-state index >= 15 is 0 Å². The van der Waals surface area contributed by atoms with Crippen molar-refractivity contribution < 1.29 is 24.5 Å². The Morgan fingerprint density at radius 3 is 2.97 bits per heavy atom. The van der Waals surface area contributed by atoms with Crippen molar-refractivity contribution in [1.29, 1.82) is 0 Å². The third-order valence-electron chi connectivity index (χ3n) is 4.78. The van der Waals surface area contributed by atoms with E-state index in [0.29, 0.717) is 41.0 Å². The number of H-pyrrole nitrogens is 1. The van der Waals surface area contributed by atoms with Crippen LogP contribution in [0.15, 0.2) is 24.7 Å². The minimum absolute atomic E-state index is 0. The summed E-state index contributed by atoms with van der Waals surface area (Å²) in [6.07, 6.45) is 0.722. The largest absolute Gasteiger partial charge is 0.503 e. The lowest BCUT2D eigenvalue weighted by molar-refractivity contribution is -0.139. The molecule has 1 aliphatic heterocycles. The third-order valence-corrected chi connectivity index (χ3v) is 4.99. The van der Waals surface area contributed by atoms with Gasteiger partial charge in [0.05, 0.1) is 11.2 Å². The SMILES string of the molecule is O=C(NCC(F)(F)F)[C@H]1CCCN1c1nc(-c2c[nH]c3ncc(Cl)cc23)ncc1O.[HH]. The number of aromatic nitrogens is 4. The first-order valence-corrected chi connectivity index (χ1v) is 9.41. The predicted molar refractivity (Wildman–Crippen MR) is 105 cm³/mol. The number of nitrogens with one attached hydrogen (secondary N) is 2. The summed E-state index contributed by atoms with van der Waals surface area (Å²) in [7, 11) is 0. The minimum Gasteiger partial charge on any atom is -0.503 e. The summed E-state index contributed by atoms with van der Waals surface area (Å²) in [5.41, 5.74) is 1.15. The van der Waals surface area contributed by atoms with Gasteiger partial charge in [-0.2, -0.15) is 13.2 Å². The number of amides is 1. The lowest BCUT2D eigenvalue weighted by Crippen LogP contribution is -2.46. The number of pyridine rings is 1. The number of fused-ring (bicyclic) bond motifs is 1. The van der Waals surface area contributed by atoms with E-state index in [2.05, 4.69) is 19.9 Å². The normalized spacial score (nSPS) is 16.9. The van der Waals surface area contributed by atoms with Crippen molar-refractivity contribution in [3.63, 3.8) is 0 Å². The summed E-state index contributed by atoms with van der Waals surface area (Å²) in [5, 5.41) is 13.3. The average Bonchev–Trinajstić information content (AvgIpc) is 3.33. The van der Waals surface area contributed by atoms with Gasteiger partial charge in [-0.05, 0) is 18.9 Å². The Hall–Kier alpha value is -3.08. The molecule has 0 aliphatic carbocycles. The van der Waals surface area contributed by atoms with E-state index in [1.54, 1.807) is 12.3 Å². The molecule has 4 rings (SSSR count). The van der Waals surface area contributed by atoms with E-state index in [0.717, 1.165) is 0 Å². The van der Waals surface area contributed by atoms with Gasteiger partial charge < -0.3 is 20.3 Å². The molecule has 12 heteroatoms. The molecule has 1 atom stereocenters. The number of hydrogen-bond donors (Lipinski definition) is 3. The highest BCUT2D eigenvalue weighted by Crippen LogP contribution is 2.34. The molecule has 30 heavy (non-hydrogen) atoms. The first-order chi connectivity index (χ1) is 14.2. The molecule has 0 unspecified atom stereocenters. The van der Waals surface area contributed by atoms with Gasteiger partial charge in [-0.1, -0.05) is 11.6 Å². The zero-order valence-electron chi connectivity index (χ0n) is 15.4. The molecule has 1 aliphatic rings. The van der Waals surface area contributed by atoms with Gasteiger partial charge in [0.15, 0.2) is 17.4 Å². The maximum atomic E-state index is 12.4. The fraction of sp³-hybridized carbons (Fsp3) is 0.333. The topological polar surface area (TPSA) is 107 Å². The molecule has 1 amide bonds. The number of aromatic amines is 1.